The molecule has 0 saturated carbocycles. The zero-order valence-corrected chi connectivity index (χ0v) is 19.9. The molecule has 0 aromatic heterocycles. The molecule has 1 amide bonds. The number of anilines is 1. The Morgan fingerprint density at radius 1 is 0.912 bits per heavy atom. The molecule has 178 valence electrons. The number of carbonyl (C=O) groups excluding carboxylic acids is 3. The molecule has 9 heteroatoms. The van der Waals surface area contributed by atoms with E-state index in [4.69, 9.17) is 32.5 Å². The molecular formula is C25H26ClN3O5. The molecule has 0 radical (unpaired) electrons. The Morgan fingerprint density at radius 3 is 2.00 bits per heavy atom. The second kappa shape index (κ2) is 10.4. The normalized spacial score (nSPS) is 15.9. The summed E-state index contributed by atoms with van der Waals surface area (Å²) in [5.41, 5.74) is 13.9. The Morgan fingerprint density at radius 2 is 1.47 bits per heavy atom. The molecule has 1 aliphatic rings. The average molecular weight is 484 g/mol. The zero-order valence-electron chi connectivity index (χ0n) is 19.1. The number of nitrogens with zero attached hydrogens (tertiary/aromatic N) is 1. The Hall–Kier alpha value is -3.78. The summed E-state index contributed by atoms with van der Waals surface area (Å²) in [6.45, 7) is 5.28. The zero-order chi connectivity index (χ0) is 25.0. The summed E-state index contributed by atoms with van der Waals surface area (Å²) in [6.07, 6.45) is 0. The van der Waals surface area contributed by atoms with E-state index in [1.807, 2.05) is 19.1 Å². The van der Waals surface area contributed by atoms with E-state index >= 15 is 0 Å². The van der Waals surface area contributed by atoms with Gasteiger partial charge in [0.2, 0.25) is 5.91 Å². The van der Waals surface area contributed by atoms with Crippen molar-refractivity contribution in [1.82, 2.24) is 0 Å². The average Bonchev–Trinajstić information content (AvgIpc) is 2.79. The lowest BCUT2D eigenvalue weighted by atomic mass is 9.80. The lowest BCUT2D eigenvalue weighted by molar-refractivity contribution is -0.142. The number of hydrogen-bond acceptors (Lipinski definition) is 7. The van der Waals surface area contributed by atoms with Crippen molar-refractivity contribution < 1.29 is 23.9 Å². The summed E-state index contributed by atoms with van der Waals surface area (Å²) in [7, 11) is 0. The summed E-state index contributed by atoms with van der Waals surface area (Å²) >= 11 is 6.05. The molecule has 1 aliphatic heterocycles. The minimum atomic E-state index is -1.07. The first-order valence-corrected chi connectivity index (χ1v) is 11.1. The molecular weight excluding hydrogens is 458 g/mol. The molecule has 8 nitrogen and oxygen atoms in total. The summed E-state index contributed by atoms with van der Waals surface area (Å²) in [6, 6.07) is 13.5. The fourth-order valence-electron chi connectivity index (χ4n) is 3.83. The van der Waals surface area contributed by atoms with Crippen LogP contribution in [-0.4, -0.2) is 31.1 Å². The SMILES string of the molecule is CCOC(=O)C1=C(C(=O)OCC)N(c2ccc(C)cc2)C(N)=C(C(N)=O)C1c1ccc(Cl)cc1. The van der Waals surface area contributed by atoms with Crippen LogP contribution in [0.4, 0.5) is 5.69 Å². The van der Waals surface area contributed by atoms with Crippen LogP contribution < -0.4 is 16.4 Å². The van der Waals surface area contributed by atoms with Gasteiger partial charge in [-0.2, -0.15) is 0 Å². The first-order chi connectivity index (χ1) is 16.2. The minimum Gasteiger partial charge on any atom is -0.463 e. The number of primary amides is 1. The van der Waals surface area contributed by atoms with Crippen LogP contribution >= 0.6 is 11.6 Å². The van der Waals surface area contributed by atoms with Crippen LogP contribution in [-0.2, 0) is 23.9 Å². The van der Waals surface area contributed by atoms with Crippen LogP contribution in [0.25, 0.3) is 0 Å². The number of halogens is 1. The smallest absolute Gasteiger partial charge is 0.355 e. The van der Waals surface area contributed by atoms with Gasteiger partial charge in [0.1, 0.15) is 11.5 Å². The van der Waals surface area contributed by atoms with Crippen molar-refractivity contribution in [3.05, 3.63) is 87.3 Å². The number of rotatable bonds is 7. The molecule has 0 bridgehead atoms. The number of benzene rings is 2. The van der Waals surface area contributed by atoms with E-state index in [-0.39, 0.29) is 35.9 Å². The van der Waals surface area contributed by atoms with Crippen molar-refractivity contribution in [2.45, 2.75) is 26.7 Å². The molecule has 34 heavy (non-hydrogen) atoms. The first kappa shape index (κ1) is 24.9. The quantitative estimate of drug-likeness (QED) is 0.579. The van der Waals surface area contributed by atoms with Crippen LogP contribution in [0.15, 0.2) is 71.2 Å². The lowest BCUT2D eigenvalue weighted by Gasteiger charge is -2.37. The number of hydrogen-bond donors (Lipinski definition) is 2. The molecule has 0 spiro atoms. The van der Waals surface area contributed by atoms with Gasteiger partial charge in [-0.05, 0) is 50.6 Å². The van der Waals surface area contributed by atoms with Crippen molar-refractivity contribution in [2.24, 2.45) is 11.5 Å². The monoisotopic (exact) mass is 483 g/mol. The third kappa shape index (κ3) is 4.77. The van der Waals surface area contributed by atoms with Crippen molar-refractivity contribution in [3.8, 4) is 0 Å². The van der Waals surface area contributed by atoms with Crippen LogP contribution in [0, 0.1) is 6.92 Å². The summed E-state index contributed by atoms with van der Waals surface area (Å²) in [5.74, 6) is -3.60. The van der Waals surface area contributed by atoms with Crippen molar-refractivity contribution in [3.63, 3.8) is 0 Å². The predicted octanol–water partition coefficient (Wildman–Crippen LogP) is 3.29. The lowest BCUT2D eigenvalue weighted by Crippen LogP contribution is -2.43. The first-order valence-electron chi connectivity index (χ1n) is 10.7. The molecule has 2 aromatic carbocycles. The van der Waals surface area contributed by atoms with Crippen molar-refractivity contribution in [2.75, 3.05) is 18.1 Å². The molecule has 0 aliphatic carbocycles. The highest BCUT2D eigenvalue weighted by Crippen LogP contribution is 2.43. The van der Waals surface area contributed by atoms with Gasteiger partial charge in [-0.15, -0.1) is 0 Å². The highest BCUT2D eigenvalue weighted by molar-refractivity contribution is 6.30. The third-order valence-electron chi connectivity index (χ3n) is 5.30. The van der Waals surface area contributed by atoms with Crippen molar-refractivity contribution in [1.29, 1.82) is 0 Å². The number of esters is 2. The Kier molecular flexibility index (Phi) is 7.63. The second-order valence-corrected chi connectivity index (χ2v) is 7.96. The second-order valence-electron chi connectivity index (χ2n) is 7.52. The Balaban J connectivity index is 2.42. The van der Waals surface area contributed by atoms with Gasteiger partial charge < -0.3 is 20.9 Å². The molecule has 1 heterocycles. The number of aryl methyl sites for hydroxylation is 1. The standard InChI is InChI=1S/C25H26ClN3O5/c1-4-33-24(31)19-18(15-8-10-16(26)11-9-15)20(23(28)30)22(27)29(21(19)25(32)34-5-2)17-12-6-14(3)7-13-17/h6-13,18H,4-5,27H2,1-3H3,(H2,28,30). The van der Waals surface area contributed by atoms with E-state index in [0.717, 1.165) is 5.56 Å². The molecule has 1 atom stereocenters. The molecule has 2 aromatic rings. The minimum absolute atomic E-state index is 0.0431. The number of carbonyl (C=O) groups is 3. The molecule has 4 N–H and O–H groups in total. The molecule has 0 saturated heterocycles. The van der Waals surface area contributed by atoms with Gasteiger partial charge in [-0.25, -0.2) is 9.59 Å². The summed E-state index contributed by atoms with van der Waals surface area (Å²) in [4.78, 5) is 40.6. The van der Waals surface area contributed by atoms with E-state index in [1.165, 1.54) is 4.90 Å². The van der Waals surface area contributed by atoms with Gasteiger partial charge >= 0.3 is 11.9 Å². The third-order valence-corrected chi connectivity index (χ3v) is 5.55. The Labute approximate surface area is 202 Å². The highest BCUT2D eigenvalue weighted by Gasteiger charge is 2.44. The van der Waals surface area contributed by atoms with Crippen LogP contribution in [0.1, 0.15) is 30.9 Å². The van der Waals surface area contributed by atoms with Crippen LogP contribution in [0.3, 0.4) is 0 Å². The van der Waals surface area contributed by atoms with Gasteiger partial charge in [0.25, 0.3) is 0 Å². The summed E-state index contributed by atoms with van der Waals surface area (Å²) in [5, 5.41) is 0.450. The van der Waals surface area contributed by atoms with Crippen LogP contribution in [0.2, 0.25) is 5.02 Å². The predicted molar refractivity (Wildman–Crippen MR) is 129 cm³/mol. The maximum atomic E-state index is 13.3. The number of ether oxygens (including phenoxy) is 2. The van der Waals surface area contributed by atoms with Crippen LogP contribution in [0.5, 0.6) is 0 Å². The maximum Gasteiger partial charge on any atom is 0.355 e. The maximum absolute atomic E-state index is 13.3. The van der Waals surface area contributed by atoms with Gasteiger partial charge in [-0.1, -0.05) is 41.4 Å². The van der Waals surface area contributed by atoms with Gasteiger partial charge in [0, 0.05) is 10.7 Å². The molecule has 0 fully saturated rings. The molecule has 3 rings (SSSR count). The van der Waals surface area contributed by atoms with E-state index < -0.39 is 23.8 Å². The number of amides is 1. The van der Waals surface area contributed by atoms with Crippen molar-refractivity contribution >= 4 is 35.1 Å². The van der Waals surface area contributed by atoms with E-state index in [9.17, 15) is 14.4 Å². The largest absolute Gasteiger partial charge is 0.463 e. The van der Waals surface area contributed by atoms with Gasteiger partial charge in [0.15, 0.2) is 0 Å². The Bertz CT molecular complexity index is 1170. The van der Waals surface area contributed by atoms with Gasteiger partial charge in [-0.3, -0.25) is 9.69 Å². The van der Waals surface area contributed by atoms with E-state index in [2.05, 4.69) is 0 Å². The highest BCUT2D eigenvalue weighted by atomic mass is 35.5. The van der Waals surface area contributed by atoms with E-state index in [0.29, 0.717) is 16.3 Å². The topological polar surface area (TPSA) is 125 Å². The van der Waals surface area contributed by atoms with E-state index in [1.54, 1.807) is 50.2 Å². The van der Waals surface area contributed by atoms with Gasteiger partial charge in [0.05, 0.1) is 30.3 Å². The number of nitrogens with two attached hydrogens (primary N) is 2. The fraction of sp³-hybridized carbons (Fsp3) is 0.240. The summed E-state index contributed by atoms with van der Waals surface area (Å²) < 4.78 is 10.6. The molecule has 1 unspecified atom stereocenters. The fourth-order valence-corrected chi connectivity index (χ4v) is 3.96.